The molecule has 2 N–H and O–H groups in total. The summed E-state index contributed by atoms with van der Waals surface area (Å²) in [6.07, 6.45) is 4.44. The third kappa shape index (κ3) is 4.18. The van der Waals surface area contributed by atoms with Gasteiger partial charge in [0.15, 0.2) is 0 Å². The molecule has 0 aromatic heterocycles. The van der Waals surface area contributed by atoms with Gasteiger partial charge in [-0.2, -0.15) is 0 Å². The van der Waals surface area contributed by atoms with Gasteiger partial charge in [0.25, 0.3) is 0 Å². The summed E-state index contributed by atoms with van der Waals surface area (Å²) in [5, 5.41) is 6.75. The molecule has 0 atom stereocenters. The van der Waals surface area contributed by atoms with Crippen LogP contribution in [0.5, 0.6) is 0 Å². The average molecular weight is 294 g/mol. The molecule has 0 radical (unpaired) electrons. The number of hydrogen-bond acceptors (Lipinski definition) is 4. The van der Waals surface area contributed by atoms with Gasteiger partial charge in [0.2, 0.25) is 5.91 Å². The highest BCUT2D eigenvalue weighted by molar-refractivity contribution is 5.79. The Kier molecular flexibility index (Phi) is 5.49. The summed E-state index contributed by atoms with van der Waals surface area (Å²) in [7, 11) is 0. The summed E-state index contributed by atoms with van der Waals surface area (Å²) in [6, 6.07) is 0. The van der Waals surface area contributed by atoms with Crippen molar-refractivity contribution in [2.24, 2.45) is 11.8 Å². The highest BCUT2D eigenvalue weighted by Gasteiger charge is 2.29. The van der Waals surface area contributed by atoms with E-state index in [9.17, 15) is 4.79 Å². The number of nitrogens with zero attached hydrogens (tertiary/aromatic N) is 2. The van der Waals surface area contributed by atoms with Crippen molar-refractivity contribution in [1.29, 1.82) is 0 Å². The van der Waals surface area contributed by atoms with Gasteiger partial charge in [0, 0.05) is 51.7 Å². The Morgan fingerprint density at radius 3 is 2.14 bits per heavy atom. The van der Waals surface area contributed by atoms with E-state index in [-0.39, 0.29) is 5.92 Å². The second-order valence-corrected chi connectivity index (χ2v) is 6.84. The third-order valence-corrected chi connectivity index (χ3v) is 5.34. The fourth-order valence-electron chi connectivity index (χ4n) is 3.92. The molecular formula is C16H30N4O. The largest absolute Gasteiger partial charge is 0.342 e. The second-order valence-electron chi connectivity index (χ2n) is 6.84. The van der Waals surface area contributed by atoms with Crippen LogP contribution in [0.2, 0.25) is 0 Å². The molecule has 0 unspecified atom stereocenters. The van der Waals surface area contributed by atoms with Gasteiger partial charge in [-0.1, -0.05) is 0 Å². The van der Waals surface area contributed by atoms with Crippen LogP contribution in [0.25, 0.3) is 0 Å². The number of amides is 1. The lowest BCUT2D eigenvalue weighted by Gasteiger charge is -2.38. The summed E-state index contributed by atoms with van der Waals surface area (Å²) in [5.74, 6) is 1.51. The molecule has 0 aromatic carbocycles. The van der Waals surface area contributed by atoms with Crippen molar-refractivity contribution in [2.75, 3.05) is 58.9 Å². The first-order chi connectivity index (χ1) is 10.3. The number of carbonyl (C=O) groups is 1. The quantitative estimate of drug-likeness (QED) is 0.777. The summed E-state index contributed by atoms with van der Waals surface area (Å²) in [4.78, 5) is 17.3. The van der Waals surface area contributed by atoms with Gasteiger partial charge in [0.1, 0.15) is 0 Å². The Hall–Kier alpha value is -0.650. The number of rotatable bonds is 3. The molecule has 0 aromatic rings. The first-order valence-corrected chi connectivity index (χ1v) is 8.75. The first kappa shape index (κ1) is 15.3. The van der Waals surface area contributed by atoms with Crippen LogP contribution in [0, 0.1) is 11.8 Å². The Balaban J connectivity index is 1.40. The van der Waals surface area contributed by atoms with E-state index in [1.165, 1.54) is 32.5 Å². The van der Waals surface area contributed by atoms with Crippen molar-refractivity contribution in [3.63, 3.8) is 0 Å². The summed E-state index contributed by atoms with van der Waals surface area (Å²) in [5.41, 5.74) is 0. The highest BCUT2D eigenvalue weighted by atomic mass is 16.2. The van der Waals surface area contributed by atoms with Crippen molar-refractivity contribution in [1.82, 2.24) is 20.4 Å². The maximum Gasteiger partial charge on any atom is 0.225 e. The lowest BCUT2D eigenvalue weighted by molar-refractivity contribution is -0.137. The van der Waals surface area contributed by atoms with E-state index in [2.05, 4.69) is 20.4 Å². The van der Waals surface area contributed by atoms with Crippen LogP contribution in [0.1, 0.15) is 25.7 Å². The fourth-order valence-corrected chi connectivity index (χ4v) is 3.92. The minimum absolute atomic E-state index is 0.288. The zero-order valence-corrected chi connectivity index (χ0v) is 13.1. The van der Waals surface area contributed by atoms with Gasteiger partial charge in [-0.25, -0.2) is 0 Å². The normalized spacial score (nSPS) is 27.0. The maximum atomic E-state index is 12.5. The Morgan fingerprint density at radius 1 is 0.857 bits per heavy atom. The lowest BCUT2D eigenvalue weighted by Crippen LogP contribution is -2.48. The number of piperazine rings is 1. The second kappa shape index (κ2) is 7.56. The molecule has 1 amide bonds. The van der Waals surface area contributed by atoms with Crippen molar-refractivity contribution in [2.45, 2.75) is 25.7 Å². The zero-order valence-electron chi connectivity index (χ0n) is 13.1. The number of carbonyl (C=O) groups excluding carboxylic acids is 1. The number of hydrogen-bond donors (Lipinski definition) is 2. The molecule has 3 heterocycles. The molecule has 3 fully saturated rings. The standard InChI is InChI=1S/C16H30N4O/c21-16(15-1-5-17-6-2-15)20-9-3-14(4-10-20)13-19-11-7-18-8-12-19/h14-15,17-18H,1-13H2. The van der Waals surface area contributed by atoms with Crippen LogP contribution in [0.15, 0.2) is 0 Å². The van der Waals surface area contributed by atoms with E-state index in [1.807, 2.05) is 0 Å². The van der Waals surface area contributed by atoms with Crippen LogP contribution in [-0.2, 0) is 4.79 Å². The average Bonchev–Trinajstić information content (AvgIpc) is 2.57. The van der Waals surface area contributed by atoms with Crippen molar-refractivity contribution < 1.29 is 4.79 Å². The van der Waals surface area contributed by atoms with E-state index in [1.54, 1.807) is 0 Å². The molecule has 0 saturated carbocycles. The van der Waals surface area contributed by atoms with Crippen LogP contribution < -0.4 is 10.6 Å². The molecule has 3 aliphatic heterocycles. The van der Waals surface area contributed by atoms with E-state index < -0.39 is 0 Å². The molecule has 3 saturated heterocycles. The number of nitrogens with one attached hydrogen (secondary N) is 2. The smallest absolute Gasteiger partial charge is 0.225 e. The SMILES string of the molecule is O=C(C1CCNCC1)N1CCC(CN2CCNCC2)CC1. The van der Waals surface area contributed by atoms with Crippen molar-refractivity contribution >= 4 is 5.91 Å². The van der Waals surface area contributed by atoms with Crippen molar-refractivity contribution in [3.05, 3.63) is 0 Å². The predicted molar refractivity (Wildman–Crippen MR) is 84.2 cm³/mol. The first-order valence-electron chi connectivity index (χ1n) is 8.75. The lowest BCUT2D eigenvalue weighted by atomic mass is 9.92. The van der Waals surface area contributed by atoms with Crippen LogP contribution >= 0.6 is 0 Å². The minimum atomic E-state index is 0.288. The van der Waals surface area contributed by atoms with Gasteiger partial charge in [0.05, 0.1) is 0 Å². The van der Waals surface area contributed by atoms with Gasteiger partial charge in [-0.15, -0.1) is 0 Å². The van der Waals surface area contributed by atoms with Gasteiger partial charge in [-0.05, 0) is 44.7 Å². The number of likely N-dealkylation sites (tertiary alicyclic amines) is 1. The fraction of sp³-hybridized carbons (Fsp3) is 0.938. The van der Waals surface area contributed by atoms with Gasteiger partial charge in [-0.3, -0.25) is 4.79 Å². The molecule has 5 nitrogen and oxygen atoms in total. The highest BCUT2D eigenvalue weighted by Crippen LogP contribution is 2.22. The summed E-state index contributed by atoms with van der Waals surface area (Å²) in [6.45, 7) is 9.87. The van der Waals surface area contributed by atoms with Crippen LogP contribution in [-0.4, -0.2) is 74.6 Å². The molecular weight excluding hydrogens is 264 g/mol. The summed E-state index contributed by atoms with van der Waals surface area (Å²) < 4.78 is 0. The molecule has 3 aliphatic rings. The van der Waals surface area contributed by atoms with E-state index in [0.717, 1.165) is 58.0 Å². The van der Waals surface area contributed by atoms with E-state index in [4.69, 9.17) is 0 Å². The molecule has 0 spiro atoms. The topological polar surface area (TPSA) is 47.6 Å². The summed E-state index contributed by atoms with van der Waals surface area (Å²) >= 11 is 0. The van der Waals surface area contributed by atoms with Gasteiger partial charge < -0.3 is 20.4 Å². The molecule has 0 aliphatic carbocycles. The Morgan fingerprint density at radius 2 is 1.48 bits per heavy atom. The molecule has 3 rings (SSSR count). The van der Waals surface area contributed by atoms with Crippen molar-refractivity contribution in [3.8, 4) is 0 Å². The minimum Gasteiger partial charge on any atom is -0.342 e. The van der Waals surface area contributed by atoms with Gasteiger partial charge >= 0.3 is 0 Å². The van der Waals surface area contributed by atoms with Crippen LogP contribution in [0.3, 0.4) is 0 Å². The molecule has 120 valence electrons. The maximum absolute atomic E-state index is 12.5. The molecule has 21 heavy (non-hydrogen) atoms. The Bertz CT molecular complexity index is 329. The zero-order chi connectivity index (χ0) is 14.5. The predicted octanol–water partition coefficient (Wildman–Crippen LogP) is 0.130. The van der Waals surface area contributed by atoms with Crippen LogP contribution in [0.4, 0.5) is 0 Å². The molecule has 5 heteroatoms. The van der Waals surface area contributed by atoms with E-state index in [0.29, 0.717) is 5.91 Å². The monoisotopic (exact) mass is 294 g/mol. The molecule has 0 bridgehead atoms. The van der Waals surface area contributed by atoms with E-state index >= 15 is 0 Å². The number of piperidine rings is 2. The Labute approximate surface area is 128 Å². The third-order valence-electron chi connectivity index (χ3n) is 5.34.